The molecule has 0 bridgehead atoms. The van der Waals surface area contributed by atoms with E-state index in [2.05, 4.69) is 5.32 Å². The fourth-order valence-electron chi connectivity index (χ4n) is 2.44. The Labute approximate surface area is 137 Å². The van der Waals surface area contributed by atoms with Crippen LogP contribution in [-0.2, 0) is 4.79 Å². The Morgan fingerprint density at radius 1 is 0.913 bits per heavy atom. The third-order valence-electron chi connectivity index (χ3n) is 3.53. The number of carbonyl (C=O) groups is 2. The number of aryl methyl sites for hydroxylation is 3. The molecule has 0 spiro atoms. The van der Waals surface area contributed by atoms with Crippen molar-refractivity contribution in [3.8, 4) is 0 Å². The molecule has 0 aromatic heterocycles. The first-order valence-corrected chi connectivity index (χ1v) is 7.55. The molecule has 4 heteroatoms. The lowest BCUT2D eigenvalue weighted by atomic mass is 10.1. The van der Waals surface area contributed by atoms with Crippen LogP contribution in [0.5, 0.6) is 0 Å². The zero-order chi connectivity index (χ0) is 17.0. The maximum atomic E-state index is 12.4. The number of benzene rings is 2. The van der Waals surface area contributed by atoms with Gasteiger partial charge >= 0.3 is 0 Å². The van der Waals surface area contributed by atoms with Crippen LogP contribution in [0.4, 0.5) is 5.69 Å². The average Bonchev–Trinajstić information content (AvgIpc) is 2.47. The summed E-state index contributed by atoms with van der Waals surface area (Å²) in [4.78, 5) is 25.9. The molecule has 0 atom stereocenters. The molecule has 23 heavy (non-hydrogen) atoms. The monoisotopic (exact) mass is 310 g/mol. The summed E-state index contributed by atoms with van der Waals surface area (Å²) in [5.74, 6) is -0.370. The van der Waals surface area contributed by atoms with Gasteiger partial charge in [0.1, 0.15) is 0 Å². The number of amides is 2. The number of carbonyl (C=O) groups excluding carboxylic acids is 2. The van der Waals surface area contributed by atoms with Gasteiger partial charge in [-0.05, 0) is 45.0 Å². The van der Waals surface area contributed by atoms with Crippen LogP contribution in [0.25, 0.3) is 0 Å². The minimum atomic E-state index is -0.214. The highest BCUT2D eigenvalue weighted by atomic mass is 16.2. The number of anilines is 1. The molecule has 0 heterocycles. The van der Waals surface area contributed by atoms with Gasteiger partial charge in [-0.25, -0.2) is 0 Å². The number of nitrogens with one attached hydrogen (secondary N) is 1. The lowest BCUT2D eigenvalue weighted by Gasteiger charge is -2.17. The van der Waals surface area contributed by atoms with Crippen LogP contribution in [0.2, 0.25) is 0 Å². The summed E-state index contributed by atoms with van der Waals surface area (Å²) in [5, 5.41) is 2.80. The summed E-state index contributed by atoms with van der Waals surface area (Å²) in [5.41, 5.74) is 4.53. The molecule has 0 fully saturated rings. The van der Waals surface area contributed by atoms with Crippen molar-refractivity contribution in [3.05, 3.63) is 64.7 Å². The van der Waals surface area contributed by atoms with E-state index >= 15 is 0 Å². The third kappa shape index (κ3) is 4.68. The van der Waals surface area contributed by atoms with Gasteiger partial charge in [0.2, 0.25) is 5.91 Å². The van der Waals surface area contributed by atoms with Gasteiger partial charge < -0.3 is 10.2 Å². The summed E-state index contributed by atoms with van der Waals surface area (Å²) in [6.07, 6.45) is 0. The molecule has 120 valence electrons. The molecule has 0 aliphatic carbocycles. The number of hydrogen-bond donors (Lipinski definition) is 1. The third-order valence-corrected chi connectivity index (χ3v) is 3.53. The molecule has 0 aliphatic rings. The SMILES string of the molecule is Cc1ccc(NC(=O)CN(C)C(=O)c2cc(C)cc(C)c2)cc1. The van der Waals surface area contributed by atoms with Crippen molar-refractivity contribution in [1.82, 2.24) is 4.90 Å². The first kappa shape index (κ1) is 16.7. The molecule has 0 aliphatic heterocycles. The van der Waals surface area contributed by atoms with E-state index in [0.29, 0.717) is 5.56 Å². The second-order valence-electron chi connectivity index (χ2n) is 5.95. The van der Waals surface area contributed by atoms with Crippen LogP contribution in [0.1, 0.15) is 27.0 Å². The van der Waals surface area contributed by atoms with Gasteiger partial charge in [-0.2, -0.15) is 0 Å². The van der Waals surface area contributed by atoms with Gasteiger partial charge in [0.25, 0.3) is 5.91 Å². The molecule has 2 rings (SSSR count). The molecule has 1 N–H and O–H groups in total. The van der Waals surface area contributed by atoms with E-state index in [9.17, 15) is 9.59 Å². The zero-order valence-electron chi connectivity index (χ0n) is 14.0. The summed E-state index contributed by atoms with van der Waals surface area (Å²) in [6.45, 7) is 5.91. The largest absolute Gasteiger partial charge is 0.332 e. The zero-order valence-corrected chi connectivity index (χ0v) is 14.0. The van der Waals surface area contributed by atoms with Crippen LogP contribution in [0.15, 0.2) is 42.5 Å². The summed E-state index contributed by atoms with van der Waals surface area (Å²) in [6, 6.07) is 13.2. The van der Waals surface area contributed by atoms with Gasteiger partial charge in [0, 0.05) is 18.3 Å². The molecule has 2 amide bonds. The van der Waals surface area contributed by atoms with Crippen molar-refractivity contribution < 1.29 is 9.59 Å². The van der Waals surface area contributed by atoms with Gasteiger partial charge in [-0.1, -0.05) is 34.9 Å². The molecule has 2 aromatic rings. The van der Waals surface area contributed by atoms with Crippen LogP contribution in [0.3, 0.4) is 0 Å². The first-order chi connectivity index (χ1) is 10.8. The minimum absolute atomic E-state index is 0.0136. The van der Waals surface area contributed by atoms with Gasteiger partial charge in [0.05, 0.1) is 6.54 Å². The van der Waals surface area contributed by atoms with Crippen LogP contribution < -0.4 is 5.32 Å². The summed E-state index contributed by atoms with van der Waals surface area (Å²) in [7, 11) is 1.63. The van der Waals surface area contributed by atoms with Crippen LogP contribution in [-0.4, -0.2) is 30.3 Å². The Balaban J connectivity index is 1.99. The molecule has 0 saturated heterocycles. The fraction of sp³-hybridized carbons (Fsp3) is 0.263. The van der Waals surface area contributed by atoms with Crippen molar-refractivity contribution >= 4 is 17.5 Å². The average molecular weight is 310 g/mol. The number of rotatable bonds is 4. The molecule has 0 unspecified atom stereocenters. The Kier molecular flexibility index (Phi) is 5.16. The smallest absolute Gasteiger partial charge is 0.254 e. The first-order valence-electron chi connectivity index (χ1n) is 7.55. The molecule has 4 nitrogen and oxygen atoms in total. The van der Waals surface area contributed by atoms with Crippen molar-refractivity contribution in [2.24, 2.45) is 0 Å². The highest BCUT2D eigenvalue weighted by Crippen LogP contribution is 2.12. The van der Waals surface area contributed by atoms with Crippen molar-refractivity contribution in [3.63, 3.8) is 0 Å². The number of hydrogen-bond acceptors (Lipinski definition) is 2. The summed E-state index contributed by atoms with van der Waals surface area (Å²) < 4.78 is 0. The Hall–Kier alpha value is -2.62. The molecular weight excluding hydrogens is 288 g/mol. The van der Waals surface area contributed by atoms with Crippen molar-refractivity contribution in [1.29, 1.82) is 0 Å². The van der Waals surface area contributed by atoms with E-state index in [0.717, 1.165) is 22.4 Å². The van der Waals surface area contributed by atoms with E-state index in [-0.39, 0.29) is 18.4 Å². The normalized spacial score (nSPS) is 10.3. The van der Waals surface area contributed by atoms with Crippen LogP contribution >= 0.6 is 0 Å². The Bertz CT molecular complexity index is 700. The topological polar surface area (TPSA) is 49.4 Å². The van der Waals surface area contributed by atoms with E-state index in [1.807, 2.05) is 63.2 Å². The van der Waals surface area contributed by atoms with Crippen LogP contribution in [0, 0.1) is 20.8 Å². The molecule has 0 radical (unpaired) electrons. The van der Waals surface area contributed by atoms with Gasteiger partial charge in [-0.3, -0.25) is 9.59 Å². The molecular formula is C19H22N2O2. The van der Waals surface area contributed by atoms with Crippen molar-refractivity contribution in [2.75, 3.05) is 18.9 Å². The highest BCUT2D eigenvalue weighted by molar-refractivity contribution is 5.99. The second-order valence-corrected chi connectivity index (χ2v) is 5.95. The van der Waals surface area contributed by atoms with E-state index < -0.39 is 0 Å². The second kappa shape index (κ2) is 7.09. The minimum Gasteiger partial charge on any atom is -0.332 e. The maximum absolute atomic E-state index is 12.4. The molecule has 0 saturated carbocycles. The Morgan fingerprint density at radius 2 is 1.48 bits per heavy atom. The highest BCUT2D eigenvalue weighted by Gasteiger charge is 2.15. The summed E-state index contributed by atoms with van der Waals surface area (Å²) >= 11 is 0. The fourth-order valence-corrected chi connectivity index (χ4v) is 2.44. The number of likely N-dealkylation sites (N-methyl/N-ethyl adjacent to an activating group) is 1. The van der Waals surface area contributed by atoms with E-state index in [4.69, 9.17) is 0 Å². The Morgan fingerprint density at radius 3 is 2.04 bits per heavy atom. The van der Waals surface area contributed by atoms with E-state index in [1.54, 1.807) is 7.05 Å². The lowest BCUT2D eigenvalue weighted by molar-refractivity contribution is -0.116. The van der Waals surface area contributed by atoms with Crippen molar-refractivity contribution in [2.45, 2.75) is 20.8 Å². The van der Waals surface area contributed by atoms with E-state index in [1.165, 1.54) is 4.90 Å². The maximum Gasteiger partial charge on any atom is 0.254 e. The number of nitrogens with zero attached hydrogens (tertiary/aromatic N) is 1. The van der Waals surface area contributed by atoms with Gasteiger partial charge in [0.15, 0.2) is 0 Å². The standard InChI is InChI=1S/C19H22N2O2/c1-13-5-7-17(8-6-13)20-18(22)12-21(4)19(23)16-10-14(2)9-15(3)11-16/h5-11H,12H2,1-4H3,(H,20,22). The quantitative estimate of drug-likeness (QED) is 0.941. The van der Waals surface area contributed by atoms with Gasteiger partial charge in [-0.15, -0.1) is 0 Å². The molecule has 2 aromatic carbocycles. The lowest BCUT2D eigenvalue weighted by Crippen LogP contribution is -2.35. The predicted molar refractivity (Wildman–Crippen MR) is 92.7 cm³/mol. The predicted octanol–water partition coefficient (Wildman–Crippen LogP) is 3.32.